The van der Waals surface area contributed by atoms with Gasteiger partial charge in [-0.05, 0) is 49.1 Å². The molecule has 5 nitrogen and oxygen atoms in total. The van der Waals surface area contributed by atoms with Crippen LogP contribution in [0.15, 0.2) is 54.7 Å². The molecule has 2 amide bonds. The van der Waals surface area contributed by atoms with Crippen molar-refractivity contribution >= 4 is 28.4 Å². The van der Waals surface area contributed by atoms with Gasteiger partial charge in [0, 0.05) is 29.3 Å². The van der Waals surface area contributed by atoms with E-state index in [1.165, 1.54) is 18.2 Å². The standard InChI is InChI=1S/C21H20FN3O2/c22-15-4-3-5-16(12-15)25-20(27)21(9-10-21)19(26)23-11-8-14-13-24-18-7-2-1-6-17(14)18/h1-7,12-13,24H,8-11H2,(H,23,26)(H,25,27). The van der Waals surface area contributed by atoms with Gasteiger partial charge in [-0.25, -0.2) is 4.39 Å². The first-order valence-electron chi connectivity index (χ1n) is 8.99. The van der Waals surface area contributed by atoms with Gasteiger partial charge in [-0.2, -0.15) is 0 Å². The van der Waals surface area contributed by atoms with Gasteiger partial charge in [-0.3, -0.25) is 9.59 Å². The summed E-state index contributed by atoms with van der Waals surface area (Å²) < 4.78 is 13.3. The molecule has 0 aliphatic heterocycles. The summed E-state index contributed by atoms with van der Waals surface area (Å²) in [6, 6.07) is 13.7. The van der Waals surface area contributed by atoms with Crippen LogP contribution < -0.4 is 10.6 Å². The summed E-state index contributed by atoms with van der Waals surface area (Å²) in [6.07, 6.45) is 3.64. The lowest BCUT2D eigenvalue weighted by Crippen LogP contribution is -2.40. The van der Waals surface area contributed by atoms with Gasteiger partial charge in [-0.15, -0.1) is 0 Å². The maximum atomic E-state index is 13.3. The van der Waals surface area contributed by atoms with Gasteiger partial charge in [0.2, 0.25) is 11.8 Å². The van der Waals surface area contributed by atoms with Crippen LogP contribution in [0, 0.1) is 11.2 Å². The van der Waals surface area contributed by atoms with E-state index in [1.807, 2.05) is 30.5 Å². The fourth-order valence-corrected chi connectivity index (χ4v) is 3.32. The van der Waals surface area contributed by atoms with Crippen molar-refractivity contribution in [3.8, 4) is 0 Å². The van der Waals surface area contributed by atoms with Crippen molar-refractivity contribution < 1.29 is 14.0 Å². The minimum atomic E-state index is -1.04. The average molecular weight is 365 g/mol. The molecule has 4 rings (SSSR count). The molecular formula is C21H20FN3O2. The van der Waals surface area contributed by atoms with E-state index < -0.39 is 11.2 Å². The number of benzene rings is 2. The van der Waals surface area contributed by atoms with Crippen LogP contribution in [-0.4, -0.2) is 23.3 Å². The van der Waals surface area contributed by atoms with Crippen LogP contribution >= 0.6 is 0 Å². The van der Waals surface area contributed by atoms with Crippen LogP contribution in [0.2, 0.25) is 0 Å². The van der Waals surface area contributed by atoms with Gasteiger partial charge in [-0.1, -0.05) is 24.3 Å². The van der Waals surface area contributed by atoms with Gasteiger partial charge in [0.25, 0.3) is 0 Å². The van der Waals surface area contributed by atoms with E-state index in [2.05, 4.69) is 15.6 Å². The molecule has 0 radical (unpaired) electrons. The lowest BCUT2D eigenvalue weighted by Gasteiger charge is -2.15. The van der Waals surface area contributed by atoms with E-state index in [0.29, 0.717) is 31.5 Å². The maximum absolute atomic E-state index is 13.3. The fourth-order valence-electron chi connectivity index (χ4n) is 3.32. The first-order chi connectivity index (χ1) is 13.1. The lowest BCUT2D eigenvalue weighted by atomic mass is 10.0. The van der Waals surface area contributed by atoms with E-state index in [4.69, 9.17) is 0 Å². The van der Waals surface area contributed by atoms with Crippen LogP contribution in [0.1, 0.15) is 18.4 Å². The number of anilines is 1. The largest absolute Gasteiger partial charge is 0.361 e. The fraction of sp³-hybridized carbons (Fsp3) is 0.238. The molecule has 0 spiro atoms. The molecule has 27 heavy (non-hydrogen) atoms. The molecule has 1 aliphatic carbocycles. The van der Waals surface area contributed by atoms with Gasteiger partial charge in [0.1, 0.15) is 11.2 Å². The highest BCUT2D eigenvalue weighted by Crippen LogP contribution is 2.46. The predicted octanol–water partition coefficient (Wildman–Crippen LogP) is 3.38. The highest BCUT2D eigenvalue weighted by molar-refractivity contribution is 6.13. The molecule has 1 aliphatic rings. The van der Waals surface area contributed by atoms with Crippen molar-refractivity contribution in [2.75, 3.05) is 11.9 Å². The molecule has 2 aromatic carbocycles. The summed E-state index contributed by atoms with van der Waals surface area (Å²) in [7, 11) is 0. The van der Waals surface area contributed by atoms with Gasteiger partial charge in [0.05, 0.1) is 0 Å². The number of amides is 2. The van der Waals surface area contributed by atoms with Crippen molar-refractivity contribution in [1.29, 1.82) is 0 Å². The van der Waals surface area contributed by atoms with Crippen molar-refractivity contribution in [2.45, 2.75) is 19.3 Å². The summed E-state index contributed by atoms with van der Waals surface area (Å²) >= 11 is 0. The average Bonchev–Trinajstić information content (AvgIpc) is 3.38. The number of carbonyl (C=O) groups excluding carboxylic acids is 2. The first kappa shape index (κ1) is 17.3. The van der Waals surface area contributed by atoms with Crippen LogP contribution in [0.25, 0.3) is 10.9 Å². The third-order valence-corrected chi connectivity index (χ3v) is 5.06. The summed E-state index contributed by atoms with van der Waals surface area (Å²) in [5.74, 6) is -1.07. The van der Waals surface area contributed by atoms with Crippen molar-refractivity contribution in [2.24, 2.45) is 5.41 Å². The molecule has 0 bridgehead atoms. The van der Waals surface area contributed by atoms with Gasteiger partial charge >= 0.3 is 0 Å². The molecule has 1 saturated carbocycles. The molecule has 3 aromatic rings. The number of aromatic nitrogens is 1. The van der Waals surface area contributed by atoms with Gasteiger partial charge < -0.3 is 15.6 Å². The van der Waals surface area contributed by atoms with Crippen molar-refractivity contribution in [1.82, 2.24) is 10.3 Å². The second-order valence-corrected chi connectivity index (χ2v) is 6.91. The third kappa shape index (κ3) is 3.43. The van der Waals surface area contributed by atoms with Crippen LogP contribution in [0.5, 0.6) is 0 Å². The predicted molar refractivity (Wildman–Crippen MR) is 102 cm³/mol. The van der Waals surface area contributed by atoms with Gasteiger partial charge in [0.15, 0.2) is 0 Å². The Hall–Kier alpha value is -3.15. The van der Waals surface area contributed by atoms with E-state index in [-0.39, 0.29) is 11.8 Å². The molecule has 1 fully saturated rings. The van der Waals surface area contributed by atoms with E-state index >= 15 is 0 Å². The minimum absolute atomic E-state index is 0.267. The number of H-pyrrole nitrogens is 1. The Balaban J connectivity index is 1.35. The number of aromatic amines is 1. The smallest absolute Gasteiger partial charge is 0.240 e. The molecular weight excluding hydrogens is 345 g/mol. The number of carbonyl (C=O) groups is 2. The van der Waals surface area contributed by atoms with Crippen LogP contribution in [-0.2, 0) is 16.0 Å². The zero-order valence-corrected chi connectivity index (χ0v) is 14.7. The molecule has 1 aromatic heterocycles. The second-order valence-electron chi connectivity index (χ2n) is 6.91. The molecule has 1 heterocycles. The topological polar surface area (TPSA) is 74.0 Å². The monoisotopic (exact) mass is 365 g/mol. The molecule has 138 valence electrons. The number of rotatable bonds is 6. The number of hydrogen-bond acceptors (Lipinski definition) is 2. The minimum Gasteiger partial charge on any atom is -0.361 e. The Kier molecular flexibility index (Phi) is 4.39. The number of halogens is 1. The summed E-state index contributed by atoms with van der Waals surface area (Å²) in [5.41, 5.74) is 1.51. The lowest BCUT2D eigenvalue weighted by molar-refractivity contribution is -0.134. The third-order valence-electron chi connectivity index (χ3n) is 5.06. The first-order valence-corrected chi connectivity index (χ1v) is 8.99. The highest BCUT2D eigenvalue weighted by Gasteiger charge is 2.56. The molecule has 0 unspecified atom stereocenters. The number of para-hydroxylation sites is 1. The van der Waals surface area contributed by atoms with E-state index in [1.54, 1.807) is 6.07 Å². The zero-order chi connectivity index (χ0) is 18.9. The van der Waals surface area contributed by atoms with Crippen LogP contribution in [0.3, 0.4) is 0 Å². The Morgan fingerprint density at radius 1 is 1.07 bits per heavy atom. The zero-order valence-electron chi connectivity index (χ0n) is 14.7. The second kappa shape index (κ2) is 6.87. The quantitative estimate of drug-likeness (QED) is 0.586. The Bertz CT molecular complexity index is 1010. The summed E-state index contributed by atoms with van der Waals surface area (Å²) in [4.78, 5) is 28.3. The summed E-state index contributed by atoms with van der Waals surface area (Å²) in [6.45, 7) is 0.454. The van der Waals surface area contributed by atoms with Crippen molar-refractivity contribution in [3.63, 3.8) is 0 Å². The molecule has 3 N–H and O–H groups in total. The SMILES string of the molecule is O=C(NCCc1c[nH]c2ccccc12)C1(C(=O)Nc2cccc(F)c2)CC1. The Labute approximate surface area is 156 Å². The summed E-state index contributed by atoms with van der Waals surface area (Å²) in [5, 5.41) is 6.66. The normalized spacial score (nSPS) is 14.7. The van der Waals surface area contributed by atoms with Crippen LogP contribution in [0.4, 0.5) is 10.1 Å². The number of hydrogen-bond donors (Lipinski definition) is 3. The maximum Gasteiger partial charge on any atom is 0.240 e. The molecule has 0 atom stereocenters. The Morgan fingerprint density at radius 3 is 2.67 bits per heavy atom. The number of fused-ring (bicyclic) bond motifs is 1. The van der Waals surface area contributed by atoms with E-state index in [9.17, 15) is 14.0 Å². The molecule has 0 saturated heterocycles. The highest BCUT2D eigenvalue weighted by atomic mass is 19.1. The molecule has 6 heteroatoms. The van der Waals surface area contributed by atoms with E-state index in [0.717, 1.165) is 16.5 Å². The van der Waals surface area contributed by atoms with Crippen molar-refractivity contribution in [3.05, 3.63) is 66.1 Å². The number of nitrogens with one attached hydrogen (secondary N) is 3. The Morgan fingerprint density at radius 2 is 1.89 bits per heavy atom.